The first-order valence-electron chi connectivity index (χ1n) is 10.1. The largest absolute Gasteiger partial charge is 0.496 e. The number of hydrogen-bond donors (Lipinski definition) is 1. The van der Waals surface area contributed by atoms with E-state index in [1.165, 1.54) is 6.33 Å². The van der Waals surface area contributed by atoms with Gasteiger partial charge in [-0.05, 0) is 30.2 Å². The number of fused-ring (bicyclic) bond motifs is 1. The lowest BCUT2D eigenvalue weighted by atomic mass is 10.0. The van der Waals surface area contributed by atoms with Crippen molar-refractivity contribution < 1.29 is 9.53 Å². The minimum atomic E-state index is 0.189. The topological polar surface area (TPSA) is 104 Å². The fourth-order valence-electron chi connectivity index (χ4n) is 4.14. The van der Waals surface area contributed by atoms with Crippen LogP contribution in [0.15, 0.2) is 42.9 Å². The molecule has 0 unspecified atom stereocenters. The van der Waals surface area contributed by atoms with E-state index >= 15 is 0 Å². The van der Waals surface area contributed by atoms with E-state index in [2.05, 4.69) is 15.2 Å². The molecule has 9 nitrogen and oxygen atoms in total. The number of benzene rings is 1. The Hall–Kier alpha value is -3.88. The van der Waals surface area contributed by atoms with Crippen LogP contribution < -0.4 is 10.5 Å². The molecule has 1 aromatic carbocycles. The zero-order valence-corrected chi connectivity index (χ0v) is 17.4. The van der Waals surface area contributed by atoms with Gasteiger partial charge in [0.2, 0.25) is 5.91 Å². The minimum absolute atomic E-state index is 0.189. The Morgan fingerprint density at radius 2 is 2.10 bits per heavy atom. The van der Waals surface area contributed by atoms with E-state index in [1.807, 2.05) is 48.5 Å². The highest BCUT2D eigenvalue weighted by molar-refractivity contribution is 5.92. The lowest BCUT2D eigenvalue weighted by Crippen LogP contribution is -2.24. The highest BCUT2D eigenvalue weighted by Crippen LogP contribution is 2.36. The zero-order chi connectivity index (χ0) is 21.5. The van der Waals surface area contributed by atoms with E-state index in [0.29, 0.717) is 24.3 Å². The van der Waals surface area contributed by atoms with Crippen molar-refractivity contribution >= 4 is 17.2 Å². The molecular weight excluding hydrogens is 394 g/mol. The van der Waals surface area contributed by atoms with E-state index < -0.39 is 0 Å². The molecule has 0 atom stereocenters. The first-order chi connectivity index (χ1) is 15.0. The molecule has 9 heteroatoms. The third-order valence-electron chi connectivity index (χ3n) is 5.69. The van der Waals surface area contributed by atoms with Gasteiger partial charge in [0.05, 0.1) is 12.8 Å². The Balaban J connectivity index is 1.61. The van der Waals surface area contributed by atoms with E-state index in [4.69, 9.17) is 10.5 Å². The van der Waals surface area contributed by atoms with Crippen LogP contribution in [0.4, 0.5) is 5.82 Å². The summed E-state index contributed by atoms with van der Waals surface area (Å²) in [5, 5.41) is 8.92. The van der Waals surface area contributed by atoms with Gasteiger partial charge in [-0.3, -0.25) is 9.48 Å². The van der Waals surface area contributed by atoms with Crippen molar-refractivity contribution in [2.24, 2.45) is 7.05 Å². The molecule has 2 N–H and O–H groups in total. The van der Waals surface area contributed by atoms with Crippen molar-refractivity contribution in [2.75, 3.05) is 19.4 Å². The number of anilines is 1. The second kappa shape index (κ2) is 7.42. The first-order valence-corrected chi connectivity index (χ1v) is 10.1. The Morgan fingerprint density at radius 3 is 2.81 bits per heavy atom. The van der Waals surface area contributed by atoms with Crippen LogP contribution in [-0.4, -0.2) is 48.8 Å². The number of ether oxygens (including phenoxy) is 1. The van der Waals surface area contributed by atoms with Gasteiger partial charge in [-0.2, -0.15) is 10.2 Å². The van der Waals surface area contributed by atoms with Gasteiger partial charge in [-0.15, -0.1) is 0 Å². The van der Waals surface area contributed by atoms with Gasteiger partial charge >= 0.3 is 0 Å². The Labute approximate surface area is 179 Å². The summed E-state index contributed by atoms with van der Waals surface area (Å²) in [6, 6.07) is 9.94. The number of amides is 1. The van der Waals surface area contributed by atoms with Crippen LogP contribution in [0.3, 0.4) is 0 Å². The van der Waals surface area contributed by atoms with Gasteiger partial charge < -0.3 is 15.4 Å². The van der Waals surface area contributed by atoms with E-state index in [0.717, 1.165) is 46.8 Å². The monoisotopic (exact) mass is 417 g/mol. The quantitative estimate of drug-likeness (QED) is 0.535. The van der Waals surface area contributed by atoms with Crippen molar-refractivity contribution in [2.45, 2.75) is 19.4 Å². The molecule has 31 heavy (non-hydrogen) atoms. The van der Waals surface area contributed by atoms with Crippen molar-refractivity contribution in [3.8, 4) is 28.3 Å². The van der Waals surface area contributed by atoms with Crippen molar-refractivity contribution in [3.05, 3.63) is 48.4 Å². The fraction of sp³-hybridized carbons (Fsp3) is 0.273. The van der Waals surface area contributed by atoms with Crippen LogP contribution in [0, 0.1) is 0 Å². The van der Waals surface area contributed by atoms with Crippen LogP contribution in [0.2, 0.25) is 0 Å². The second-order valence-electron chi connectivity index (χ2n) is 7.67. The molecule has 0 saturated carbocycles. The van der Waals surface area contributed by atoms with Gasteiger partial charge in [0, 0.05) is 43.9 Å². The number of nitrogens with zero attached hydrogens (tertiary/aromatic N) is 6. The highest BCUT2D eigenvalue weighted by atomic mass is 16.5. The molecule has 3 aromatic heterocycles. The number of nitrogen functional groups attached to an aromatic ring is 1. The SMILES string of the molecule is COc1cc(-c2cc(-c3ccn(C)n3)n3ncnc(N)c23)ccc1CN1CCCC1=O. The fourth-order valence-corrected chi connectivity index (χ4v) is 4.14. The molecule has 158 valence electrons. The number of carbonyl (C=O) groups is 1. The lowest BCUT2D eigenvalue weighted by molar-refractivity contribution is -0.128. The van der Waals surface area contributed by atoms with Gasteiger partial charge in [-0.25, -0.2) is 9.50 Å². The Kier molecular flexibility index (Phi) is 4.58. The summed E-state index contributed by atoms with van der Waals surface area (Å²) in [5.41, 5.74) is 11.4. The average molecular weight is 417 g/mol. The summed E-state index contributed by atoms with van der Waals surface area (Å²) in [7, 11) is 3.52. The summed E-state index contributed by atoms with van der Waals surface area (Å²) in [4.78, 5) is 18.1. The molecule has 4 aromatic rings. The normalized spacial score (nSPS) is 14.0. The molecule has 1 amide bonds. The predicted molar refractivity (Wildman–Crippen MR) is 116 cm³/mol. The van der Waals surface area contributed by atoms with E-state index in [1.54, 1.807) is 16.3 Å². The summed E-state index contributed by atoms with van der Waals surface area (Å²) in [5.74, 6) is 1.30. The van der Waals surface area contributed by atoms with Crippen molar-refractivity contribution in [1.29, 1.82) is 0 Å². The van der Waals surface area contributed by atoms with Crippen LogP contribution in [0.25, 0.3) is 28.0 Å². The predicted octanol–water partition coefficient (Wildman–Crippen LogP) is 2.51. The van der Waals surface area contributed by atoms with E-state index in [-0.39, 0.29) is 5.91 Å². The second-order valence-corrected chi connectivity index (χ2v) is 7.67. The van der Waals surface area contributed by atoms with Crippen LogP contribution in [0.1, 0.15) is 18.4 Å². The number of rotatable bonds is 5. The minimum Gasteiger partial charge on any atom is -0.496 e. The Morgan fingerprint density at radius 1 is 1.23 bits per heavy atom. The maximum atomic E-state index is 12.0. The molecule has 5 rings (SSSR count). The zero-order valence-electron chi connectivity index (χ0n) is 17.4. The average Bonchev–Trinajstić information content (AvgIpc) is 3.48. The van der Waals surface area contributed by atoms with E-state index in [9.17, 15) is 4.79 Å². The number of likely N-dealkylation sites (tertiary alicyclic amines) is 1. The van der Waals surface area contributed by atoms with Crippen molar-refractivity contribution in [1.82, 2.24) is 29.3 Å². The maximum absolute atomic E-state index is 12.0. The number of nitrogens with two attached hydrogens (primary N) is 1. The van der Waals surface area contributed by atoms with Crippen LogP contribution in [0.5, 0.6) is 5.75 Å². The van der Waals surface area contributed by atoms with Crippen molar-refractivity contribution in [3.63, 3.8) is 0 Å². The maximum Gasteiger partial charge on any atom is 0.222 e. The molecule has 1 fully saturated rings. The number of carbonyl (C=O) groups excluding carboxylic acids is 1. The van der Waals surface area contributed by atoms with Crippen LogP contribution >= 0.6 is 0 Å². The summed E-state index contributed by atoms with van der Waals surface area (Å²) >= 11 is 0. The molecule has 0 bridgehead atoms. The summed E-state index contributed by atoms with van der Waals surface area (Å²) < 4.78 is 9.18. The van der Waals surface area contributed by atoms with Crippen LogP contribution in [-0.2, 0) is 18.4 Å². The summed E-state index contributed by atoms with van der Waals surface area (Å²) in [6.45, 7) is 1.33. The molecule has 0 radical (unpaired) electrons. The highest BCUT2D eigenvalue weighted by Gasteiger charge is 2.22. The summed E-state index contributed by atoms with van der Waals surface area (Å²) in [6.07, 6.45) is 4.85. The number of aryl methyl sites for hydroxylation is 1. The molecular formula is C22H23N7O2. The van der Waals surface area contributed by atoms with Gasteiger partial charge in [0.1, 0.15) is 23.3 Å². The van der Waals surface area contributed by atoms with Gasteiger partial charge in [0.25, 0.3) is 0 Å². The third kappa shape index (κ3) is 3.27. The molecule has 0 aliphatic carbocycles. The molecule has 1 aliphatic heterocycles. The number of methoxy groups -OCH3 is 1. The standard InChI is InChI=1S/C22H23N7O2/c1-27-9-7-17(26-27)18-11-16(21-22(23)24-13-25-29(18)21)14-5-6-15(19(10-14)31-2)12-28-8-3-4-20(28)30/h5-7,9-11,13H,3-4,8,12H2,1-2H3,(H2,23,24,25). The smallest absolute Gasteiger partial charge is 0.222 e. The van der Waals surface area contributed by atoms with Gasteiger partial charge in [-0.1, -0.05) is 12.1 Å². The molecule has 1 saturated heterocycles. The lowest BCUT2D eigenvalue weighted by Gasteiger charge is -2.18. The number of hydrogen-bond acceptors (Lipinski definition) is 6. The van der Waals surface area contributed by atoms with Gasteiger partial charge in [0.15, 0.2) is 5.82 Å². The third-order valence-corrected chi connectivity index (χ3v) is 5.69. The molecule has 4 heterocycles. The first kappa shape index (κ1) is 19.1. The Bertz CT molecular complexity index is 1290. The number of aromatic nitrogens is 5. The molecule has 1 aliphatic rings. The molecule has 0 spiro atoms.